The number of nitrogens with one attached hydrogen (secondary N) is 2. The van der Waals surface area contributed by atoms with Crippen LogP contribution < -0.4 is 5.32 Å². The second kappa shape index (κ2) is 5.67. The lowest BCUT2D eigenvalue weighted by Gasteiger charge is -2.02. The summed E-state index contributed by atoms with van der Waals surface area (Å²) in [6.07, 6.45) is 3.31. The molecule has 0 fully saturated rings. The Labute approximate surface area is 107 Å². The maximum absolute atomic E-state index is 12.0. The second-order valence-electron chi connectivity index (χ2n) is 4.58. The minimum Gasteiger partial charge on any atom is -0.351 e. The van der Waals surface area contributed by atoms with Crippen LogP contribution in [0, 0.1) is 6.92 Å². The van der Waals surface area contributed by atoms with Crippen LogP contribution in [0.4, 0.5) is 0 Å². The average Bonchev–Trinajstić information content (AvgIpc) is 2.77. The van der Waals surface area contributed by atoms with Gasteiger partial charge >= 0.3 is 0 Å². The van der Waals surface area contributed by atoms with E-state index in [4.69, 9.17) is 0 Å². The van der Waals surface area contributed by atoms with E-state index in [1.807, 2.05) is 25.1 Å². The van der Waals surface area contributed by atoms with Crippen molar-refractivity contribution >= 4 is 16.8 Å². The zero-order chi connectivity index (χ0) is 13.0. The molecule has 0 aliphatic rings. The number of carbonyl (C=O) groups excluding carboxylic acids is 1. The highest BCUT2D eigenvalue weighted by Gasteiger charge is 2.13. The molecule has 1 aromatic carbocycles. The van der Waals surface area contributed by atoms with Gasteiger partial charge in [-0.05, 0) is 25.5 Å². The highest BCUT2D eigenvalue weighted by Crippen LogP contribution is 2.17. The maximum Gasteiger partial charge on any atom is 0.272 e. The molecule has 0 aliphatic carbocycles. The van der Waals surface area contributed by atoms with Gasteiger partial charge in [-0.25, -0.2) is 0 Å². The van der Waals surface area contributed by atoms with Crippen molar-refractivity contribution < 1.29 is 4.79 Å². The number of aromatic nitrogens is 2. The fourth-order valence-corrected chi connectivity index (χ4v) is 1.96. The largest absolute Gasteiger partial charge is 0.351 e. The van der Waals surface area contributed by atoms with Gasteiger partial charge in [0.25, 0.3) is 5.91 Å². The Kier molecular flexibility index (Phi) is 3.97. The highest BCUT2D eigenvalue weighted by molar-refractivity contribution is 6.04. The summed E-state index contributed by atoms with van der Waals surface area (Å²) in [4.78, 5) is 12.0. The normalized spacial score (nSPS) is 10.8. The van der Waals surface area contributed by atoms with Crippen molar-refractivity contribution in [2.75, 3.05) is 6.54 Å². The molecule has 4 nitrogen and oxygen atoms in total. The van der Waals surface area contributed by atoms with E-state index in [1.165, 1.54) is 0 Å². The van der Waals surface area contributed by atoms with Crippen LogP contribution in [0.3, 0.4) is 0 Å². The Morgan fingerprint density at radius 3 is 3.00 bits per heavy atom. The SMILES string of the molecule is CCCCCNC(=O)c1n[nH]c2ccc(C)cc12. The van der Waals surface area contributed by atoms with Gasteiger partial charge in [0.05, 0.1) is 5.52 Å². The molecule has 0 saturated heterocycles. The van der Waals surface area contributed by atoms with Gasteiger partial charge in [-0.1, -0.05) is 31.4 Å². The number of hydrogen-bond acceptors (Lipinski definition) is 2. The number of carbonyl (C=O) groups is 1. The van der Waals surface area contributed by atoms with Crippen molar-refractivity contribution in [2.24, 2.45) is 0 Å². The molecule has 96 valence electrons. The van der Waals surface area contributed by atoms with Crippen molar-refractivity contribution in [1.82, 2.24) is 15.5 Å². The second-order valence-corrected chi connectivity index (χ2v) is 4.58. The van der Waals surface area contributed by atoms with E-state index in [0.29, 0.717) is 12.2 Å². The first-order chi connectivity index (χ1) is 8.72. The topological polar surface area (TPSA) is 57.8 Å². The predicted octanol–water partition coefficient (Wildman–Crippen LogP) is 2.79. The van der Waals surface area contributed by atoms with E-state index in [0.717, 1.165) is 35.7 Å². The first-order valence-corrected chi connectivity index (χ1v) is 6.45. The van der Waals surface area contributed by atoms with E-state index >= 15 is 0 Å². The third-order valence-electron chi connectivity index (χ3n) is 3.00. The van der Waals surface area contributed by atoms with Gasteiger partial charge in [-0.3, -0.25) is 9.89 Å². The van der Waals surface area contributed by atoms with Crippen LogP contribution >= 0.6 is 0 Å². The van der Waals surface area contributed by atoms with Gasteiger partial charge in [0.2, 0.25) is 0 Å². The van der Waals surface area contributed by atoms with Gasteiger partial charge in [0.1, 0.15) is 0 Å². The Hall–Kier alpha value is -1.84. The fourth-order valence-electron chi connectivity index (χ4n) is 1.96. The summed E-state index contributed by atoms with van der Waals surface area (Å²) < 4.78 is 0. The molecular weight excluding hydrogens is 226 g/mol. The first-order valence-electron chi connectivity index (χ1n) is 6.45. The summed E-state index contributed by atoms with van der Waals surface area (Å²) in [7, 11) is 0. The minimum absolute atomic E-state index is 0.0945. The molecule has 1 heterocycles. The van der Waals surface area contributed by atoms with Crippen molar-refractivity contribution in [3.05, 3.63) is 29.5 Å². The number of amides is 1. The monoisotopic (exact) mass is 245 g/mol. The molecule has 1 aromatic heterocycles. The van der Waals surface area contributed by atoms with Crippen molar-refractivity contribution in [1.29, 1.82) is 0 Å². The Balaban J connectivity index is 2.10. The minimum atomic E-state index is -0.0945. The molecule has 0 bridgehead atoms. The maximum atomic E-state index is 12.0. The lowest BCUT2D eigenvalue weighted by atomic mass is 10.1. The summed E-state index contributed by atoms with van der Waals surface area (Å²) in [5.74, 6) is -0.0945. The van der Waals surface area contributed by atoms with E-state index in [-0.39, 0.29) is 5.91 Å². The summed E-state index contributed by atoms with van der Waals surface area (Å²) >= 11 is 0. The summed E-state index contributed by atoms with van der Waals surface area (Å²) in [6, 6.07) is 5.94. The number of H-pyrrole nitrogens is 1. The highest BCUT2D eigenvalue weighted by atomic mass is 16.1. The van der Waals surface area contributed by atoms with Crippen molar-refractivity contribution in [3.8, 4) is 0 Å². The lowest BCUT2D eigenvalue weighted by molar-refractivity contribution is 0.0949. The molecule has 0 radical (unpaired) electrons. The predicted molar refractivity (Wildman–Crippen MR) is 72.7 cm³/mol. The zero-order valence-electron chi connectivity index (χ0n) is 10.9. The Bertz CT molecular complexity index is 545. The fraction of sp³-hybridized carbons (Fsp3) is 0.429. The van der Waals surface area contributed by atoms with E-state index < -0.39 is 0 Å². The molecule has 0 unspecified atom stereocenters. The molecule has 2 rings (SSSR count). The number of nitrogens with zero attached hydrogens (tertiary/aromatic N) is 1. The first kappa shape index (κ1) is 12.6. The van der Waals surface area contributed by atoms with Crippen molar-refractivity contribution in [2.45, 2.75) is 33.1 Å². The molecule has 18 heavy (non-hydrogen) atoms. The molecule has 0 saturated carbocycles. The van der Waals surface area contributed by atoms with Gasteiger partial charge in [0.15, 0.2) is 5.69 Å². The average molecular weight is 245 g/mol. The van der Waals surface area contributed by atoms with Gasteiger partial charge in [-0.15, -0.1) is 0 Å². The van der Waals surface area contributed by atoms with Crippen LogP contribution in [-0.4, -0.2) is 22.6 Å². The number of aromatic amines is 1. The van der Waals surface area contributed by atoms with Crippen LogP contribution in [0.15, 0.2) is 18.2 Å². The van der Waals surface area contributed by atoms with Crippen LogP contribution in [-0.2, 0) is 0 Å². The standard InChI is InChI=1S/C14H19N3O/c1-3-4-5-8-15-14(18)13-11-9-10(2)6-7-12(11)16-17-13/h6-7,9H,3-5,8H2,1-2H3,(H,15,18)(H,16,17). The van der Waals surface area contributed by atoms with Gasteiger partial charge < -0.3 is 5.32 Å². The van der Waals surface area contributed by atoms with Crippen LogP contribution in [0.2, 0.25) is 0 Å². The molecule has 2 N–H and O–H groups in total. The Morgan fingerprint density at radius 2 is 2.22 bits per heavy atom. The number of benzene rings is 1. The number of hydrogen-bond donors (Lipinski definition) is 2. The third-order valence-corrected chi connectivity index (χ3v) is 3.00. The molecule has 0 aliphatic heterocycles. The summed E-state index contributed by atoms with van der Waals surface area (Å²) in [5.41, 5.74) is 2.52. The van der Waals surface area contributed by atoms with E-state index in [2.05, 4.69) is 22.4 Å². The van der Waals surface area contributed by atoms with Crippen LogP contribution in [0.1, 0.15) is 42.2 Å². The van der Waals surface area contributed by atoms with Gasteiger partial charge in [-0.2, -0.15) is 5.10 Å². The molecular formula is C14H19N3O. The third kappa shape index (κ3) is 2.70. The molecule has 2 aromatic rings. The zero-order valence-corrected chi connectivity index (χ0v) is 10.9. The molecule has 0 spiro atoms. The van der Waals surface area contributed by atoms with Crippen molar-refractivity contribution in [3.63, 3.8) is 0 Å². The smallest absolute Gasteiger partial charge is 0.272 e. The van der Waals surface area contributed by atoms with Crippen LogP contribution in [0.25, 0.3) is 10.9 Å². The van der Waals surface area contributed by atoms with E-state index in [1.54, 1.807) is 0 Å². The van der Waals surface area contributed by atoms with Gasteiger partial charge in [0, 0.05) is 11.9 Å². The molecule has 1 amide bonds. The summed E-state index contributed by atoms with van der Waals surface area (Å²) in [6.45, 7) is 4.87. The lowest BCUT2D eigenvalue weighted by Crippen LogP contribution is -2.24. The number of aryl methyl sites for hydroxylation is 1. The molecule has 4 heteroatoms. The number of rotatable bonds is 5. The number of unbranched alkanes of at least 4 members (excludes halogenated alkanes) is 2. The van der Waals surface area contributed by atoms with E-state index in [9.17, 15) is 4.79 Å². The quantitative estimate of drug-likeness (QED) is 0.796. The molecule has 0 atom stereocenters. The summed E-state index contributed by atoms with van der Waals surface area (Å²) in [5, 5.41) is 10.8. The Morgan fingerprint density at radius 1 is 1.39 bits per heavy atom. The van der Waals surface area contributed by atoms with Crippen LogP contribution in [0.5, 0.6) is 0 Å². The number of fused-ring (bicyclic) bond motifs is 1.